The number of anilines is 2. The van der Waals surface area contributed by atoms with Crippen molar-refractivity contribution in [3.05, 3.63) is 4.88 Å². The topological polar surface area (TPSA) is 71.2 Å². The van der Waals surface area contributed by atoms with Gasteiger partial charge in [-0.25, -0.2) is 4.98 Å². The van der Waals surface area contributed by atoms with Crippen molar-refractivity contribution in [1.82, 2.24) is 10.3 Å². The highest BCUT2D eigenvalue weighted by atomic mass is 32.1. The van der Waals surface area contributed by atoms with Gasteiger partial charge in [0.15, 0.2) is 5.13 Å². The number of thiazole rings is 1. The highest BCUT2D eigenvalue weighted by Gasteiger charge is 2.25. The van der Waals surface area contributed by atoms with E-state index in [-0.39, 0.29) is 11.3 Å². The summed E-state index contributed by atoms with van der Waals surface area (Å²) in [6.07, 6.45) is 0. The molecule has 5 nitrogen and oxygen atoms in total. The lowest BCUT2D eigenvalue weighted by atomic mass is 9.81. The first-order valence-corrected chi connectivity index (χ1v) is 8.34. The van der Waals surface area contributed by atoms with Gasteiger partial charge in [-0.1, -0.05) is 39.0 Å². The smallest absolute Gasteiger partial charge is 0.265 e. The van der Waals surface area contributed by atoms with Gasteiger partial charge in [-0.2, -0.15) is 0 Å². The van der Waals surface area contributed by atoms with Gasteiger partial charge in [-0.3, -0.25) is 4.79 Å². The molecular weight excluding hydrogens is 284 g/mol. The van der Waals surface area contributed by atoms with Crippen LogP contribution in [0.2, 0.25) is 0 Å². The summed E-state index contributed by atoms with van der Waals surface area (Å²) in [6, 6.07) is 0. The number of carbonyl (C=O) groups is 1. The number of aromatic nitrogens is 1. The molecule has 0 fully saturated rings. The van der Waals surface area contributed by atoms with E-state index in [1.165, 1.54) is 11.3 Å². The highest BCUT2D eigenvalue weighted by Crippen LogP contribution is 2.29. The second kappa shape index (κ2) is 7.11. The van der Waals surface area contributed by atoms with E-state index >= 15 is 0 Å². The Balaban J connectivity index is 2.80. The number of amides is 1. The van der Waals surface area contributed by atoms with E-state index in [0.29, 0.717) is 23.2 Å². The third-order valence-corrected chi connectivity index (χ3v) is 5.28. The number of nitrogens with zero attached hydrogens (tertiary/aromatic N) is 2. The lowest BCUT2D eigenvalue weighted by Crippen LogP contribution is -2.36. The fourth-order valence-corrected chi connectivity index (χ4v) is 2.73. The van der Waals surface area contributed by atoms with Crippen LogP contribution in [0.1, 0.15) is 51.2 Å². The highest BCUT2D eigenvalue weighted by molar-refractivity contribution is 7.18. The Morgan fingerprint density at radius 1 is 1.38 bits per heavy atom. The van der Waals surface area contributed by atoms with E-state index in [2.05, 4.69) is 56.7 Å². The van der Waals surface area contributed by atoms with Crippen molar-refractivity contribution in [3.63, 3.8) is 0 Å². The Kier molecular flexibility index (Phi) is 6.01. The molecular formula is C15H28N4OS. The zero-order chi connectivity index (χ0) is 16.2. The van der Waals surface area contributed by atoms with Gasteiger partial charge in [-0.05, 0) is 25.2 Å². The quantitative estimate of drug-likeness (QED) is 0.812. The molecule has 0 radical (unpaired) electrons. The predicted molar refractivity (Wildman–Crippen MR) is 91.0 cm³/mol. The van der Waals surface area contributed by atoms with Crippen LogP contribution in [0.3, 0.4) is 0 Å². The lowest BCUT2D eigenvalue weighted by molar-refractivity contribution is 0.0929. The van der Waals surface area contributed by atoms with Crippen LogP contribution in [0.5, 0.6) is 0 Å². The van der Waals surface area contributed by atoms with E-state index < -0.39 is 0 Å². The molecule has 0 saturated heterocycles. The van der Waals surface area contributed by atoms with Crippen LogP contribution >= 0.6 is 11.3 Å². The average Bonchev–Trinajstić information content (AvgIpc) is 2.79. The summed E-state index contributed by atoms with van der Waals surface area (Å²) in [6.45, 7) is 15.1. The van der Waals surface area contributed by atoms with Crippen LogP contribution in [0.25, 0.3) is 0 Å². The summed E-state index contributed by atoms with van der Waals surface area (Å²) in [5.41, 5.74) is 5.95. The lowest BCUT2D eigenvalue weighted by Gasteiger charge is -2.29. The van der Waals surface area contributed by atoms with E-state index in [9.17, 15) is 4.79 Å². The SMILES string of the molecule is CCN(CC)c1nc(N)c(C(=O)NCC(C)(C)C(C)C)s1. The number of rotatable bonds is 7. The average molecular weight is 312 g/mol. The molecule has 0 saturated carbocycles. The Hall–Kier alpha value is -1.30. The second-order valence-electron chi connectivity index (χ2n) is 6.21. The van der Waals surface area contributed by atoms with E-state index in [1.54, 1.807) is 0 Å². The van der Waals surface area contributed by atoms with E-state index in [4.69, 9.17) is 5.73 Å². The summed E-state index contributed by atoms with van der Waals surface area (Å²) in [5, 5.41) is 3.79. The van der Waals surface area contributed by atoms with Gasteiger partial charge in [0, 0.05) is 19.6 Å². The third kappa shape index (κ3) is 4.33. The summed E-state index contributed by atoms with van der Waals surface area (Å²) in [7, 11) is 0. The number of nitrogens with one attached hydrogen (secondary N) is 1. The molecule has 1 aromatic heterocycles. The largest absolute Gasteiger partial charge is 0.382 e. The summed E-state index contributed by atoms with van der Waals surface area (Å²) < 4.78 is 0. The van der Waals surface area contributed by atoms with Gasteiger partial charge < -0.3 is 16.0 Å². The van der Waals surface area contributed by atoms with Crippen molar-refractivity contribution in [1.29, 1.82) is 0 Å². The Morgan fingerprint density at radius 2 is 1.95 bits per heavy atom. The van der Waals surface area contributed by atoms with Gasteiger partial charge >= 0.3 is 0 Å². The Morgan fingerprint density at radius 3 is 2.43 bits per heavy atom. The van der Waals surface area contributed by atoms with Crippen molar-refractivity contribution >= 4 is 28.2 Å². The normalized spacial score (nSPS) is 11.8. The minimum absolute atomic E-state index is 0.0524. The van der Waals surface area contributed by atoms with Crippen LogP contribution in [-0.4, -0.2) is 30.5 Å². The number of hydrogen-bond acceptors (Lipinski definition) is 5. The number of nitrogen functional groups attached to an aromatic ring is 1. The number of carbonyl (C=O) groups excluding carboxylic acids is 1. The van der Waals surface area contributed by atoms with Crippen molar-refractivity contribution in [2.45, 2.75) is 41.5 Å². The van der Waals surface area contributed by atoms with Crippen molar-refractivity contribution in [2.24, 2.45) is 11.3 Å². The third-order valence-electron chi connectivity index (χ3n) is 4.15. The molecule has 0 bridgehead atoms. The minimum atomic E-state index is -0.128. The molecule has 0 spiro atoms. The molecule has 21 heavy (non-hydrogen) atoms. The zero-order valence-electron chi connectivity index (χ0n) is 14.0. The molecule has 1 aromatic rings. The first-order chi connectivity index (χ1) is 9.72. The molecule has 0 aliphatic rings. The van der Waals surface area contributed by atoms with Gasteiger partial charge in [0.2, 0.25) is 0 Å². The van der Waals surface area contributed by atoms with Gasteiger partial charge in [0.25, 0.3) is 5.91 Å². The zero-order valence-corrected chi connectivity index (χ0v) is 14.8. The first kappa shape index (κ1) is 17.8. The van der Waals surface area contributed by atoms with Gasteiger partial charge in [0.05, 0.1) is 0 Å². The summed E-state index contributed by atoms with van der Waals surface area (Å²) in [4.78, 5) is 19.2. The monoisotopic (exact) mass is 312 g/mol. The van der Waals surface area contributed by atoms with Gasteiger partial charge in [0.1, 0.15) is 10.7 Å². The van der Waals surface area contributed by atoms with Crippen LogP contribution in [0.4, 0.5) is 10.9 Å². The standard InChI is InChI=1S/C15H28N4OS/c1-7-19(8-2)14-18-12(16)11(21-14)13(20)17-9-15(5,6)10(3)4/h10H,7-9,16H2,1-6H3,(H,17,20). The summed E-state index contributed by atoms with van der Waals surface area (Å²) in [5.74, 6) is 0.682. The molecule has 0 aliphatic carbocycles. The summed E-state index contributed by atoms with van der Waals surface area (Å²) >= 11 is 1.36. The Bertz CT molecular complexity index is 478. The predicted octanol–water partition coefficient (Wildman–Crippen LogP) is 2.98. The van der Waals surface area contributed by atoms with Crippen LogP contribution < -0.4 is 16.0 Å². The fraction of sp³-hybridized carbons (Fsp3) is 0.733. The maximum Gasteiger partial charge on any atom is 0.265 e. The molecule has 1 rings (SSSR count). The maximum absolute atomic E-state index is 12.3. The molecule has 1 amide bonds. The maximum atomic E-state index is 12.3. The van der Waals surface area contributed by atoms with Crippen LogP contribution in [-0.2, 0) is 0 Å². The molecule has 6 heteroatoms. The molecule has 3 N–H and O–H groups in total. The van der Waals surface area contributed by atoms with E-state index in [0.717, 1.165) is 18.2 Å². The van der Waals surface area contributed by atoms with Crippen LogP contribution in [0.15, 0.2) is 0 Å². The number of hydrogen-bond donors (Lipinski definition) is 2. The Labute approximate surface area is 131 Å². The number of nitrogens with two attached hydrogens (primary N) is 1. The molecule has 0 aromatic carbocycles. The first-order valence-electron chi connectivity index (χ1n) is 7.52. The molecule has 0 aliphatic heterocycles. The minimum Gasteiger partial charge on any atom is -0.382 e. The molecule has 0 unspecified atom stereocenters. The van der Waals surface area contributed by atoms with Crippen LogP contribution in [0, 0.1) is 11.3 Å². The molecule has 120 valence electrons. The van der Waals surface area contributed by atoms with Crippen molar-refractivity contribution in [3.8, 4) is 0 Å². The molecule has 0 atom stereocenters. The molecule has 1 heterocycles. The second-order valence-corrected chi connectivity index (χ2v) is 7.19. The fourth-order valence-electron chi connectivity index (χ4n) is 1.70. The van der Waals surface area contributed by atoms with Crippen molar-refractivity contribution < 1.29 is 4.79 Å². The van der Waals surface area contributed by atoms with Gasteiger partial charge in [-0.15, -0.1) is 0 Å². The van der Waals surface area contributed by atoms with E-state index in [1.807, 2.05) is 0 Å². The van der Waals surface area contributed by atoms with Crippen molar-refractivity contribution in [2.75, 3.05) is 30.3 Å².